The van der Waals surface area contributed by atoms with Crippen LogP contribution in [0.15, 0.2) is 36.5 Å². The number of nitrogens with one attached hydrogen (secondary N) is 3. The Bertz CT molecular complexity index is 1070. The molecule has 9 nitrogen and oxygen atoms in total. The number of hydrogen-bond donors (Lipinski definition) is 3. The van der Waals surface area contributed by atoms with Crippen LogP contribution < -0.4 is 25.4 Å². The maximum Gasteiger partial charge on any atom is 0.320 e. The molecule has 0 saturated carbocycles. The third-order valence-electron chi connectivity index (χ3n) is 5.78. The number of aryl methyl sites for hydroxylation is 1. The van der Waals surface area contributed by atoms with E-state index in [0.29, 0.717) is 12.4 Å². The highest BCUT2D eigenvalue weighted by atomic mass is 16.5. The number of benzene rings is 1. The number of carbonyl (C=O) groups is 1. The summed E-state index contributed by atoms with van der Waals surface area (Å²) in [7, 11) is 5.26. The molecule has 0 bridgehead atoms. The van der Waals surface area contributed by atoms with E-state index in [1.54, 1.807) is 20.4 Å². The van der Waals surface area contributed by atoms with Crippen LogP contribution in [-0.4, -0.2) is 74.0 Å². The summed E-state index contributed by atoms with van der Waals surface area (Å²) in [6.07, 6.45) is 1.76. The Morgan fingerprint density at radius 3 is 2.56 bits per heavy atom. The van der Waals surface area contributed by atoms with Gasteiger partial charge < -0.3 is 24.7 Å². The fourth-order valence-electron chi connectivity index (χ4n) is 4.07. The minimum Gasteiger partial charge on any atom is -0.496 e. The first kappa shape index (κ1) is 21.9. The molecule has 9 heteroatoms. The number of ether oxygens (including phenoxy) is 2. The van der Waals surface area contributed by atoms with Gasteiger partial charge in [-0.25, -0.2) is 9.78 Å². The van der Waals surface area contributed by atoms with E-state index in [1.807, 2.05) is 41.9 Å². The molecule has 1 aromatic carbocycles. The van der Waals surface area contributed by atoms with E-state index in [4.69, 9.17) is 9.47 Å². The van der Waals surface area contributed by atoms with Crippen molar-refractivity contribution in [2.24, 2.45) is 7.05 Å². The number of anilines is 1. The molecule has 170 valence electrons. The Kier molecular flexibility index (Phi) is 6.77. The fraction of sp³-hybridized carbons (Fsp3) is 0.391. The molecule has 0 radical (unpaired) electrons. The minimum absolute atomic E-state index is 0.255. The number of methoxy groups -OCH3 is 2. The Morgan fingerprint density at radius 2 is 1.88 bits per heavy atom. The topological polar surface area (TPSA) is 92.7 Å². The minimum atomic E-state index is -0.255. The molecule has 4 rings (SSSR count). The third kappa shape index (κ3) is 4.63. The average Bonchev–Trinajstić information content (AvgIpc) is 3.14. The van der Waals surface area contributed by atoms with E-state index < -0.39 is 0 Å². The van der Waals surface area contributed by atoms with Gasteiger partial charge in [0.1, 0.15) is 17.3 Å². The lowest BCUT2D eigenvalue weighted by molar-refractivity contribution is 0.233. The molecule has 0 aliphatic carbocycles. The monoisotopic (exact) mass is 438 g/mol. The predicted molar refractivity (Wildman–Crippen MR) is 126 cm³/mol. The first-order chi connectivity index (χ1) is 15.6. The molecule has 0 spiro atoms. The van der Waals surface area contributed by atoms with Gasteiger partial charge in [-0.2, -0.15) is 0 Å². The second-order valence-electron chi connectivity index (χ2n) is 7.73. The van der Waals surface area contributed by atoms with Crippen LogP contribution in [0.25, 0.3) is 22.2 Å². The van der Waals surface area contributed by atoms with Crippen LogP contribution in [0.2, 0.25) is 0 Å². The van der Waals surface area contributed by atoms with E-state index >= 15 is 0 Å². The molecule has 1 aliphatic rings. The van der Waals surface area contributed by atoms with Crippen molar-refractivity contribution in [3.63, 3.8) is 0 Å². The number of urea groups is 1. The van der Waals surface area contributed by atoms with Crippen LogP contribution in [-0.2, 0) is 7.05 Å². The molecule has 2 aromatic heterocycles. The first-order valence-corrected chi connectivity index (χ1v) is 10.8. The summed E-state index contributed by atoms with van der Waals surface area (Å²) in [6.45, 7) is 5.44. The van der Waals surface area contributed by atoms with Crippen LogP contribution in [0.1, 0.15) is 0 Å². The summed E-state index contributed by atoms with van der Waals surface area (Å²) in [5.74, 6) is 1.96. The van der Waals surface area contributed by atoms with E-state index in [0.717, 1.165) is 66.4 Å². The predicted octanol–water partition coefficient (Wildman–Crippen LogP) is 2.28. The number of carbonyl (C=O) groups excluding carboxylic acids is 1. The number of fused-ring (bicyclic) bond motifs is 1. The van der Waals surface area contributed by atoms with Gasteiger partial charge in [-0.15, -0.1) is 0 Å². The zero-order valence-electron chi connectivity index (χ0n) is 18.8. The highest BCUT2D eigenvalue weighted by Crippen LogP contribution is 2.40. The van der Waals surface area contributed by atoms with E-state index in [2.05, 4.69) is 25.8 Å². The summed E-state index contributed by atoms with van der Waals surface area (Å²) in [6, 6.07) is 9.38. The van der Waals surface area contributed by atoms with Crippen molar-refractivity contribution < 1.29 is 14.3 Å². The number of hydrogen-bond acceptors (Lipinski definition) is 6. The van der Waals surface area contributed by atoms with E-state index in [1.165, 1.54) is 0 Å². The normalized spacial score (nSPS) is 14.3. The average molecular weight is 439 g/mol. The van der Waals surface area contributed by atoms with Crippen molar-refractivity contribution in [1.29, 1.82) is 0 Å². The van der Waals surface area contributed by atoms with E-state index in [-0.39, 0.29) is 6.03 Å². The van der Waals surface area contributed by atoms with Gasteiger partial charge in [-0.1, -0.05) is 6.07 Å². The number of aromatic nitrogens is 2. The smallest absolute Gasteiger partial charge is 0.320 e. The summed E-state index contributed by atoms with van der Waals surface area (Å²) < 4.78 is 13.2. The van der Waals surface area contributed by atoms with Crippen LogP contribution >= 0.6 is 0 Å². The Labute approximate surface area is 187 Å². The van der Waals surface area contributed by atoms with Crippen molar-refractivity contribution in [2.45, 2.75) is 0 Å². The molecule has 1 saturated heterocycles. The second-order valence-corrected chi connectivity index (χ2v) is 7.73. The highest BCUT2D eigenvalue weighted by molar-refractivity contribution is 5.94. The standard InChI is InChI=1S/C23H30N6O3/c1-28-17(22-19(31-2)5-4-6-20(22)32-3)13-16-14-21(26-15-18(16)28)27-23(30)25-9-12-29-10-7-24-8-11-29/h4-6,13-15,24H,7-12H2,1-3H3,(H2,25,26,27,30). The van der Waals surface area contributed by atoms with Crippen LogP contribution in [0.5, 0.6) is 11.5 Å². The molecule has 3 N–H and O–H groups in total. The number of pyridine rings is 1. The van der Waals surface area contributed by atoms with Crippen LogP contribution in [0.3, 0.4) is 0 Å². The zero-order valence-corrected chi connectivity index (χ0v) is 18.8. The van der Waals surface area contributed by atoms with E-state index in [9.17, 15) is 4.79 Å². The largest absolute Gasteiger partial charge is 0.496 e. The fourth-order valence-corrected chi connectivity index (χ4v) is 4.07. The molecule has 1 fully saturated rings. The van der Waals surface area contributed by atoms with Crippen molar-refractivity contribution in [3.05, 3.63) is 36.5 Å². The Morgan fingerprint density at radius 1 is 1.16 bits per heavy atom. The highest BCUT2D eigenvalue weighted by Gasteiger charge is 2.18. The summed E-state index contributed by atoms with van der Waals surface area (Å²) in [4.78, 5) is 19.1. The lowest BCUT2D eigenvalue weighted by Gasteiger charge is -2.27. The Balaban J connectivity index is 1.49. The van der Waals surface area contributed by atoms with Crippen LogP contribution in [0, 0.1) is 0 Å². The molecule has 0 atom stereocenters. The number of amides is 2. The van der Waals surface area contributed by atoms with Crippen molar-refractivity contribution in [2.75, 3.05) is 58.8 Å². The number of nitrogens with zero attached hydrogens (tertiary/aromatic N) is 3. The lowest BCUT2D eigenvalue weighted by Crippen LogP contribution is -2.46. The summed E-state index contributed by atoms with van der Waals surface area (Å²) >= 11 is 0. The van der Waals surface area contributed by atoms with Gasteiger partial charge in [0.15, 0.2) is 0 Å². The molecule has 2 amide bonds. The lowest BCUT2D eigenvalue weighted by atomic mass is 10.1. The Hall–Kier alpha value is -3.30. The quantitative estimate of drug-likeness (QED) is 0.524. The van der Waals surface area contributed by atoms with Gasteiger partial charge >= 0.3 is 6.03 Å². The first-order valence-electron chi connectivity index (χ1n) is 10.8. The molecule has 3 heterocycles. The summed E-state index contributed by atoms with van der Waals surface area (Å²) in [5.41, 5.74) is 2.75. The van der Waals surface area contributed by atoms with Gasteiger partial charge in [0.05, 0.1) is 37.2 Å². The molecule has 32 heavy (non-hydrogen) atoms. The number of piperazine rings is 1. The maximum absolute atomic E-state index is 12.3. The van der Waals surface area contributed by atoms with Crippen molar-refractivity contribution in [3.8, 4) is 22.8 Å². The molecule has 0 unspecified atom stereocenters. The third-order valence-corrected chi connectivity index (χ3v) is 5.78. The SMILES string of the molecule is COc1cccc(OC)c1-c1cc2cc(NC(=O)NCCN3CCNCC3)ncc2n1C. The maximum atomic E-state index is 12.3. The molecule has 1 aliphatic heterocycles. The van der Waals surface area contributed by atoms with Crippen LogP contribution in [0.4, 0.5) is 10.6 Å². The molecule has 3 aromatic rings. The number of rotatable bonds is 7. The molecular formula is C23H30N6O3. The molecular weight excluding hydrogens is 408 g/mol. The second kappa shape index (κ2) is 9.88. The zero-order chi connectivity index (χ0) is 22.5. The van der Waals surface area contributed by atoms with Crippen molar-refractivity contribution >= 4 is 22.8 Å². The van der Waals surface area contributed by atoms with Gasteiger partial charge in [0.25, 0.3) is 0 Å². The van der Waals surface area contributed by atoms with Crippen molar-refractivity contribution in [1.82, 2.24) is 25.1 Å². The van der Waals surface area contributed by atoms with Gasteiger partial charge in [0.2, 0.25) is 0 Å². The van der Waals surface area contributed by atoms with Gasteiger partial charge in [0, 0.05) is 51.7 Å². The summed E-state index contributed by atoms with van der Waals surface area (Å²) in [5, 5.41) is 10.0. The van der Waals surface area contributed by atoms with Gasteiger partial charge in [-0.3, -0.25) is 10.2 Å². The van der Waals surface area contributed by atoms with Gasteiger partial charge in [-0.05, 0) is 24.3 Å².